The average Bonchev–Trinajstić information content (AvgIpc) is 2.38. The molecule has 6 heteroatoms. The number of ether oxygens (including phenoxy) is 1. The molecule has 0 spiro atoms. The highest BCUT2D eigenvalue weighted by Crippen LogP contribution is 2.35. The first-order valence-electron chi connectivity index (χ1n) is 5.61. The Morgan fingerprint density at radius 2 is 1.60 bits per heavy atom. The number of hydrogen-bond acceptors (Lipinski definition) is 1. The summed E-state index contributed by atoms with van der Waals surface area (Å²) >= 11 is 5.59. The lowest BCUT2D eigenvalue weighted by Crippen LogP contribution is -2.17. The monoisotopic (exact) mass is 304 g/mol. The third-order valence-corrected chi connectivity index (χ3v) is 2.91. The Balaban J connectivity index is 2.53. The molecule has 0 atom stereocenters. The van der Waals surface area contributed by atoms with Crippen molar-refractivity contribution >= 4 is 11.6 Å². The molecule has 2 rings (SSSR count). The van der Waals surface area contributed by atoms with Gasteiger partial charge in [-0.05, 0) is 6.07 Å². The second-order valence-electron chi connectivity index (χ2n) is 3.96. The van der Waals surface area contributed by atoms with Gasteiger partial charge >= 0.3 is 6.36 Å². The number of benzene rings is 2. The van der Waals surface area contributed by atoms with Crippen molar-refractivity contribution in [3.05, 3.63) is 53.8 Å². The van der Waals surface area contributed by atoms with E-state index < -0.39 is 17.9 Å². The first kappa shape index (κ1) is 14.7. The van der Waals surface area contributed by atoms with Gasteiger partial charge in [0, 0.05) is 16.7 Å². The fraction of sp³-hybridized carbons (Fsp3) is 0.143. The van der Waals surface area contributed by atoms with Gasteiger partial charge in [-0.25, -0.2) is 4.39 Å². The van der Waals surface area contributed by atoms with Gasteiger partial charge < -0.3 is 4.74 Å². The van der Waals surface area contributed by atoms with Gasteiger partial charge in [-0.2, -0.15) is 0 Å². The van der Waals surface area contributed by atoms with Crippen molar-refractivity contribution < 1.29 is 22.3 Å². The summed E-state index contributed by atoms with van der Waals surface area (Å²) < 4.78 is 55.1. The molecule has 0 saturated heterocycles. The van der Waals surface area contributed by atoms with Crippen LogP contribution in [0.3, 0.4) is 0 Å². The Morgan fingerprint density at radius 3 is 2.25 bits per heavy atom. The van der Waals surface area contributed by atoms with Crippen LogP contribution < -0.4 is 4.74 Å². The summed E-state index contributed by atoms with van der Waals surface area (Å²) in [5.41, 5.74) is 0.253. The van der Waals surface area contributed by atoms with Crippen LogP contribution in [0, 0.1) is 5.82 Å². The molecular weight excluding hydrogens is 296 g/mol. The van der Waals surface area contributed by atoms with Crippen LogP contribution >= 0.6 is 11.6 Å². The van der Waals surface area contributed by atoms with Gasteiger partial charge in [0.2, 0.25) is 0 Å². The third-order valence-electron chi connectivity index (χ3n) is 2.63. The summed E-state index contributed by atoms with van der Waals surface area (Å²) in [5, 5.41) is 0. The van der Waals surface area contributed by atoms with Crippen LogP contribution in [-0.2, 0) is 5.88 Å². The number of para-hydroxylation sites is 1. The first-order chi connectivity index (χ1) is 9.42. The van der Waals surface area contributed by atoms with E-state index in [1.165, 1.54) is 36.4 Å². The van der Waals surface area contributed by atoms with Crippen LogP contribution in [0.2, 0.25) is 0 Å². The van der Waals surface area contributed by atoms with Crippen molar-refractivity contribution in [3.63, 3.8) is 0 Å². The number of hydrogen-bond donors (Lipinski definition) is 0. The van der Waals surface area contributed by atoms with E-state index in [9.17, 15) is 17.6 Å². The maximum atomic E-state index is 14.2. The number of alkyl halides is 4. The fourth-order valence-corrected chi connectivity index (χ4v) is 2.00. The molecule has 106 valence electrons. The van der Waals surface area contributed by atoms with Gasteiger partial charge in [-0.3, -0.25) is 0 Å². The number of halogens is 5. The molecule has 0 N–H and O–H groups in total. The summed E-state index contributed by atoms with van der Waals surface area (Å²) in [4.78, 5) is 0. The molecule has 0 aliphatic heterocycles. The predicted octanol–water partition coefficient (Wildman–Crippen LogP) is 5.13. The van der Waals surface area contributed by atoms with Gasteiger partial charge in [0.25, 0.3) is 0 Å². The summed E-state index contributed by atoms with van der Waals surface area (Å²) in [6, 6.07) is 9.76. The molecular formula is C14H9ClF4O. The molecule has 0 aliphatic carbocycles. The summed E-state index contributed by atoms with van der Waals surface area (Å²) in [5.74, 6) is -1.17. The maximum Gasteiger partial charge on any atom is 0.573 e. The predicted molar refractivity (Wildman–Crippen MR) is 68.1 cm³/mol. The molecule has 0 unspecified atom stereocenters. The van der Waals surface area contributed by atoms with Gasteiger partial charge in [0.1, 0.15) is 11.6 Å². The molecule has 20 heavy (non-hydrogen) atoms. The van der Waals surface area contributed by atoms with E-state index in [1.807, 2.05) is 0 Å². The lowest BCUT2D eigenvalue weighted by atomic mass is 10.0. The first-order valence-corrected chi connectivity index (χ1v) is 6.14. The standard InChI is InChI=1S/C14H9ClF4O/c15-8-9-4-3-6-11(13(9)16)10-5-1-2-7-12(10)20-14(17,18)19/h1-7H,8H2. The Hall–Kier alpha value is -1.75. The van der Waals surface area contributed by atoms with E-state index in [4.69, 9.17) is 11.6 Å². The highest BCUT2D eigenvalue weighted by molar-refractivity contribution is 6.17. The van der Waals surface area contributed by atoms with Crippen LogP contribution in [0.25, 0.3) is 11.1 Å². The minimum absolute atomic E-state index is 0.0167. The molecule has 2 aromatic rings. The zero-order valence-corrected chi connectivity index (χ0v) is 10.8. The maximum absolute atomic E-state index is 14.2. The Labute approximate surface area is 117 Å². The molecule has 0 heterocycles. The van der Waals surface area contributed by atoms with Crippen molar-refractivity contribution in [2.45, 2.75) is 12.2 Å². The van der Waals surface area contributed by atoms with E-state index in [-0.39, 0.29) is 22.6 Å². The fourth-order valence-electron chi connectivity index (χ4n) is 1.79. The lowest BCUT2D eigenvalue weighted by molar-refractivity contribution is -0.274. The SMILES string of the molecule is Fc1c(CCl)cccc1-c1ccccc1OC(F)(F)F. The second kappa shape index (κ2) is 5.71. The van der Waals surface area contributed by atoms with Crippen LogP contribution in [-0.4, -0.2) is 6.36 Å². The highest BCUT2D eigenvalue weighted by Gasteiger charge is 2.32. The minimum Gasteiger partial charge on any atom is -0.405 e. The molecule has 0 saturated carbocycles. The summed E-state index contributed by atoms with van der Waals surface area (Å²) in [7, 11) is 0. The number of rotatable bonds is 3. The molecule has 2 aromatic carbocycles. The molecule has 0 amide bonds. The smallest absolute Gasteiger partial charge is 0.405 e. The quantitative estimate of drug-likeness (QED) is 0.564. The normalized spacial score (nSPS) is 11.4. The van der Waals surface area contributed by atoms with Crippen molar-refractivity contribution in [3.8, 4) is 16.9 Å². The van der Waals surface area contributed by atoms with Crippen LogP contribution in [0.1, 0.15) is 5.56 Å². The molecule has 0 bridgehead atoms. The largest absolute Gasteiger partial charge is 0.573 e. The molecule has 0 aliphatic rings. The molecule has 0 fully saturated rings. The zero-order chi connectivity index (χ0) is 14.8. The third kappa shape index (κ3) is 3.22. The highest BCUT2D eigenvalue weighted by atomic mass is 35.5. The average molecular weight is 305 g/mol. The Morgan fingerprint density at radius 1 is 0.950 bits per heavy atom. The molecule has 0 aromatic heterocycles. The lowest BCUT2D eigenvalue weighted by Gasteiger charge is -2.14. The van der Waals surface area contributed by atoms with Gasteiger partial charge in [-0.15, -0.1) is 24.8 Å². The van der Waals surface area contributed by atoms with Crippen LogP contribution in [0.5, 0.6) is 5.75 Å². The van der Waals surface area contributed by atoms with E-state index >= 15 is 0 Å². The van der Waals surface area contributed by atoms with E-state index in [2.05, 4.69) is 4.74 Å². The van der Waals surface area contributed by atoms with Crippen LogP contribution in [0.4, 0.5) is 17.6 Å². The summed E-state index contributed by atoms with van der Waals surface area (Å²) in [6.45, 7) is 0. The van der Waals surface area contributed by atoms with Crippen molar-refractivity contribution in [1.29, 1.82) is 0 Å². The van der Waals surface area contributed by atoms with E-state index in [0.29, 0.717) is 0 Å². The Bertz CT molecular complexity index is 610. The van der Waals surface area contributed by atoms with E-state index in [1.54, 1.807) is 0 Å². The topological polar surface area (TPSA) is 9.23 Å². The second-order valence-corrected chi connectivity index (χ2v) is 4.22. The molecule has 1 nitrogen and oxygen atoms in total. The van der Waals surface area contributed by atoms with Gasteiger partial charge in [-0.1, -0.05) is 36.4 Å². The molecule has 0 radical (unpaired) electrons. The van der Waals surface area contributed by atoms with Crippen molar-refractivity contribution in [1.82, 2.24) is 0 Å². The summed E-state index contributed by atoms with van der Waals surface area (Å²) in [6.07, 6.45) is -4.84. The minimum atomic E-state index is -4.84. The van der Waals surface area contributed by atoms with Crippen molar-refractivity contribution in [2.75, 3.05) is 0 Å². The van der Waals surface area contributed by atoms with Crippen molar-refractivity contribution in [2.24, 2.45) is 0 Å². The van der Waals surface area contributed by atoms with E-state index in [0.717, 1.165) is 6.07 Å². The van der Waals surface area contributed by atoms with Crippen LogP contribution in [0.15, 0.2) is 42.5 Å². The zero-order valence-electron chi connectivity index (χ0n) is 10.0. The Kier molecular flexibility index (Phi) is 4.18. The van der Waals surface area contributed by atoms with Gasteiger partial charge in [0.15, 0.2) is 0 Å². The van der Waals surface area contributed by atoms with Gasteiger partial charge in [0.05, 0.1) is 5.88 Å².